The SMILES string of the molecule is COc1ccc(CNC2CCCC2(C)C)cc1Cl. The van der Waals surface area contributed by atoms with E-state index < -0.39 is 0 Å². The van der Waals surface area contributed by atoms with Gasteiger partial charge in [0.25, 0.3) is 0 Å². The van der Waals surface area contributed by atoms with Crippen LogP contribution in [0.25, 0.3) is 0 Å². The fourth-order valence-electron chi connectivity index (χ4n) is 2.77. The molecule has 0 bridgehead atoms. The standard InChI is InChI=1S/C15H22ClNO/c1-15(2)8-4-5-14(15)17-10-11-6-7-13(18-3)12(16)9-11/h6-7,9,14,17H,4-5,8,10H2,1-3H3. The first kappa shape index (κ1) is 13.7. The fourth-order valence-corrected chi connectivity index (χ4v) is 3.05. The summed E-state index contributed by atoms with van der Waals surface area (Å²) in [4.78, 5) is 0. The van der Waals surface area contributed by atoms with Crippen molar-refractivity contribution in [3.05, 3.63) is 28.8 Å². The molecule has 2 rings (SSSR count). The van der Waals surface area contributed by atoms with Crippen LogP contribution in [0, 0.1) is 5.41 Å². The van der Waals surface area contributed by atoms with Crippen LogP contribution in [0.2, 0.25) is 5.02 Å². The van der Waals surface area contributed by atoms with E-state index >= 15 is 0 Å². The van der Waals surface area contributed by atoms with Crippen molar-refractivity contribution in [1.29, 1.82) is 0 Å². The normalized spacial score (nSPS) is 22.1. The molecule has 1 atom stereocenters. The van der Waals surface area contributed by atoms with Gasteiger partial charge in [-0.2, -0.15) is 0 Å². The van der Waals surface area contributed by atoms with Gasteiger partial charge in [-0.1, -0.05) is 37.9 Å². The summed E-state index contributed by atoms with van der Waals surface area (Å²) in [6.45, 7) is 5.56. The summed E-state index contributed by atoms with van der Waals surface area (Å²) in [5.74, 6) is 0.738. The smallest absolute Gasteiger partial charge is 0.137 e. The highest BCUT2D eigenvalue weighted by Crippen LogP contribution is 2.37. The van der Waals surface area contributed by atoms with Gasteiger partial charge in [-0.25, -0.2) is 0 Å². The molecule has 0 saturated heterocycles. The summed E-state index contributed by atoms with van der Waals surface area (Å²) in [7, 11) is 1.64. The Hall–Kier alpha value is -0.730. The van der Waals surface area contributed by atoms with E-state index in [0.29, 0.717) is 16.5 Å². The maximum Gasteiger partial charge on any atom is 0.137 e. The molecule has 1 fully saturated rings. The van der Waals surface area contributed by atoms with E-state index in [1.54, 1.807) is 7.11 Å². The van der Waals surface area contributed by atoms with Crippen LogP contribution < -0.4 is 10.1 Å². The second-order valence-corrected chi connectivity index (χ2v) is 6.19. The number of benzene rings is 1. The lowest BCUT2D eigenvalue weighted by atomic mass is 9.87. The van der Waals surface area contributed by atoms with E-state index in [-0.39, 0.29) is 0 Å². The van der Waals surface area contributed by atoms with Gasteiger partial charge in [0.15, 0.2) is 0 Å². The third kappa shape index (κ3) is 2.99. The quantitative estimate of drug-likeness (QED) is 0.890. The Bertz CT molecular complexity index is 417. The molecule has 3 heteroatoms. The minimum Gasteiger partial charge on any atom is -0.495 e. The molecule has 1 aliphatic rings. The third-order valence-corrected chi connectivity index (χ3v) is 4.32. The summed E-state index contributed by atoms with van der Waals surface area (Å²) in [5, 5.41) is 4.34. The summed E-state index contributed by atoms with van der Waals surface area (Å²) in [5.41, 5.74) is 1.62. The van der Waals surface area contributed by atoms with E-state index in [0.717, 1.165) is 12.3 Å². The van der Waals surface area contributed by atoms with E-state index in [1.807, 2.05) is 12.1 Å². The first-order valence-electron chi connectivity index (χ1n) is 6.59. The van der Waals surface area contributed by atoms with Crippen molar-refractivity contribution in [3.8, 4) is 5.75 Å². The van der Waals surface area contributed by atoms with Crippen molar-refractivity contribution in [1.82, 2.24) is 5.32 Å². The third-order valence-electron chi connectivity index (χ3n) is 4.03. The second-order valence-electron chi connectivity index (χ2n) is 5.78. The van der Waals surface area contributed by atoms with Gasteiger partial charge >= 0.3 is 0 Å². The maximum absolute atomic E-state index is 6.13. The van der Waals surface area contributed by atoms with Crippen LogP contribution in [0.1, 0.15) is 38.7 Å². The van der Waals surface area contributed by atoms with Gasteiger partial charge in [-0.3, -0.25) is 0 Å². The zero-order valence-electron chi connectivity index (χ0n) is 11.4. The van der Waals surface area contributed by atoms with Gasteiger partial charge in [0.2, 0.25) is 0 Å². The monoisotopic (exact) mass is 267 g/mol. The molecule has 0 heterocycles. The number of methoxy groups -OCH3 is 1. The highest BCUT2D eigenvalue weighted by molar-refractivity contribution is 6.32. The molecule has 1 aromatic carbocycles. The lowest BCUT2D eigenvalue weighted by molar-refractivity contribution is 0.282. The number of hydrogen-bond acceptors (Lipinski definition) is 2. The molecular weight excluding hydrogens is 246 g/mol. The van der Waals surface area contributed by atoms with E-state index in [2.05, 4.69) is 25.2 Å². The van der Waals surface area contributed by atoms with Crippen LogP contribution in [0.3, 0.4) is 0 Å². The second kappa shape index (κ2) is 5.50. The van der Waals surface area contributed by atoms with Crippen molar-refractivity contribution in [2.24, 2.45) is 5.41 Å². The average Bonchev–Trinajstić information content (AvgIpc) is 2.66. The molecule has 1 aromatic rings. The zero-order valence-corrected chi connectivity index (χ0v) is 12.2. The summed E-state index contributed by atoms with van der Waals surface area (Å²) >= 11 is 6.13. The highest BCUT2D eigenvalue weighted by Gasteiger charge is 2.33. The van der Waals surface area contributed by atoms with Gasteiger partial charge in [-0.05, 0) is 36.0 Å². The van der Waals surface area contributed by atoms with Gasteiger partial charge in [0.1, 0.15) is 5.75 Å². The number of rotatable bonds is 4. The first-order chi connectivity index (χ1) is 8.53. The Balaban J connectivity index is 1.96. The lowest BCUT2D eigenvalue weighted by Crippen LogP contribution is -2.37. The minimum absolute atomic E-state index is 0.413. The molecule has 0 radical (unpaired) electrons. The number of ether oxygens (including phenoxy) is 1. The Morgan fingerprint density at radius 3 is 2.78 bits per heavy atom. The predicted octanol–water partition coefficient (Wildman–Crippen LogP) is 4.02. The van der Waals surface area contributed by atoms with Crippen LogP contribution in [-0.4, -0.2) is 13.2 Å². The molecule has 0 amide bonds. The molecule has 1 unspecified atom stereocenters. The molecule has 1 N–H and O–H groups in total. The van der Waals surface area contributed by atoms with Gasteiger partial charge in [0.05, 0.1) is 12.1 Å². The maximum atomic E-state index is 6.13. The van der Waals surface area contributed by atoms with Crippen LogP contribution in [0.5, 0.6) is 5.75 Å². The highest BCUT2D eigenvalue weighted by atomic mass is 35.5. The van der Waals surface area contributed by atoms with Crippen molar-refractivity contribution < 1.29 is 4.74 Å². The van der Waals surface area contributed by atoms with Crippen molar-refractivity contribution >= 4 is 11.6 Å². The number of halogens is 1. The Labute approximate surface area is 115 Å². The molecule has 100 valence electrons. The first-order valence-corrected chi connectivity index (χ1v) is 6.96. The van der Waals surface area contributed by atoms with Gasteiger partial charge < -0.3 is 10.1 Å². The molecule has 18 heavy (non-hydrogen) atoms. The van der Waals surface area contributed by atoms with Crippen LogP contribution in [0.4, 0.5) is 0 Å². The zero-order chi connectivity index (χ0) is 13.2. The molecule has 1 saturated carbocycles. The molecule has 2 nitrogen and oxygen atoms in total. The van der Waals surface area contributed by atoms with E-state index in [9.17, 15) is 0 Å². The molecule has 1 aliphatic carbocycles. The Morgan fingerprint density at radius 2 is 2.22 bits per heavy atom. The summed E-state index contributed by atoms with van der Waals surface area (Å²) in [6, 6.07) is 6.59. The van der Waals surface area contributed by atoms with E-state index in [1.165, 1.54) is 24.8 Å². The number of nitrogens with one attached hydrogen (secondary N) is 1. The number of hydrogen-bond donors (Lipinski definition) is 1. The van der Waals surface area contributed by atoms with Crippen molar-refractivity contribution in [3.63, 3.8) is 0 Å². The topological polar surface area (TPSA) is 21.3 Å². The largest absolute Gasteiger partial charge is 0.495 e. The lowest BCUT2D eigenvalue weighted by Gasteiger charge is -2.28. The summed E-state index contributed by atoms with van der Waals surface area (Å²) in [6.07, 6.45) is 3.92. The van der Waals surface area contributed by atoms with Gasteiger partial charge in [-0.15, -0.1) is 0 Å². The van der Waals surface area contributed by atoms with Crippen LogP contribution >= 0.6 is 11.6 Å². The molecule has 0 aliphatic heterocycles. The van der Waals surface area contributed by atoms with Crippen LogP contribution in [0.15, 0.2) is 18.2 Å². The molecular formula is C15H22ClNO. The van der Waals surface area contributed by atoms with Crippen molar-refractivity contribution in [2.75, 3.05) is 7.11 Å². The Kier molecular flexibility index (Phi) is 4.18. The van der Waals surface area contributed by atoms with Crippen molar-refractivity contribution in [2.45, 2.75) is 45.7 Å². The van der Waals surface area contributed by atoms with Crippen LogP contribution in [-0.2, 0) is 6.54 Å². The average molecular weight is 268 g/mol. The molecule has 0 spiro atoms. The van der Waals surface area contributed by atoms with Gasteiger partial charge in [0, 0.05) is 12.6 Å². The minimum atomic E-state index is 0.413. The fraction of sp³-hybridized carbons (Fsp3) is 0.600. The summed E-state index contributed by atoms with van der Waals surface area (Å²) < 4.78 is 5.16. The Morgan fingerprint density at radius 1 is 1.44 bits per heavy atom. The van der Waals surface area contributed by atoms with E-state index in [4.69, 9.17) is 16.3 Å². The predicted molar refractivity (Wildman–Crippen MR) is 76.3 cm³/mol. The molecule has 0 aromatic heterocycles.